The molecule has 2 rings (SSSR count). The first kappa shape index (κ1) is 14.3. The summed E-state index contributed by atoms with van der Waals surface area (Å²) >= 11 is 0. The first-order valence-electron chi connectivity index (χ1n) is 6.76. The molecule has 0 aliphatic heterocycles. The van der Waals surface area contributed by atoms with Gasteiger partial charge in [0.1, 0.15) is 0 Å². The topological polar surface area (TPSA) is 72.2 Å². The fraction of sp³-hybridized carbons (Fsp3) is 0.571. The SMILES string of the molecule is Cc1cc(N)cc(C)c1S(=O)(=O)NCCCC1CC1. The van der Waals surface area contributed by atoms with Crippen LogP contribution in [0.2, 0.25) is 0 Å². The second-order valence-corrected chi connectivity index (χ2v) is 7.17. The van der Waals surface area contributed by atoms with Crippen molar-refractivity contribution in [1.29, 1.82) is 0 Å². The molecule has 1 saturated carbocycles. The Morgan fingerprint density at radius 2 is 1.84 bits per heavy atom. The molecule has 19 heavy (non-hydrogen) atoms. The Hall–Kier alpha value is -1.07. The average Bonchev–Trinajstić information content (AvgIpc) is 3.06. The van der Waals surface area contributed by atoms with Crippen LogP contribution in [0.15, 0.2) is 17.0 Å². The Labute approximate surface area is 115 Å². The molecule has 5 heteroatoms. The molecule has 1 fully saturated rings. The van der Waals surface area contributed by atoms with E-state index in [1.165, 1.54) is 12.8 Å². The zero-order valence-electron chi connectivity index (χ0n) is 11.6. The molecular formula is C14H22N2O2S. The van der Waals surface area contributed by atoms with Gasteiger partial charge >= 0.3 is 0 Å². The van der Waals surface area contributed by atoms with Gasteiger partial charge in [0.05, 0.1) is 4.90 Å². The van der Waals surface area contributed by atoms with Crippen molar-refractivity contribution < 1.29 is 8.42 Å². The van der Waals surface area contributed by atoms with Crippen LogP contribution < -0.4 is 10.5 Å². The van der Waals surface area contributed by atoms with Gasteiger partial charge in [0.15, 0.2) is 0 Å². The van der Waals surface area contributed by atoms with Crippen LogP contribution in [-0.2, 0) is 10.0 Å². The van der Waals surface area contributed by atoms with E-state index in [0.29, 0.717) is 28.3 Å². The molecule has 0 heterocycles. The van der Waals surface area contributed by atoms with E-state index in [0.717, 1.165) is 18.8 Å². The van der Waals surface area contributed by atoms with Crippen LogP contribution in [0.25, 0.3) is 0 Å². The molecule has 1 aromatic rings. The molecule has 0 unspecified atom stereocenters. The maximum absolute atomic E-state index is 12.3. The number of hydrogen-bond acceptors (Lipinski definition) is 3. The van der Waals surface area contributed by atoms with Gasteiger partial charge in [-0.1, -0.05) is 12.8 Å². The Balaban J connectivity index is 2.05. The lowest BCUT2D eigenvalue weighted by atomic mass is 10.1. The van der Waals surface area contributed by atoms with Crippen LogP contribution >= 0.6 is 0 Å². The third-order valence-corrected chi connectivity index (χ3v) is 5.30. The molecule has 1 aromatic carbocycles. The summed E-state index contributed by atoms with van der Waals surface area (Å²) in [6.45, 7) is 4.08. The number of sulfonamides is 1. The number of hydrogen-bond donors (Lipinski definition) is 2. The second kappa shape index (κ2) is 5.51. The summed E-state index contributed by atoms with van der Waals surface area (Å²) in [7, 11) is -3.42. The summed E-state index contributed by atoms with van der Waals surface area (Å²) in [6, 6.07) is 3.40. The second-order valence-electron chi connectivity index (χ2n) is 5.47. The van der Waals surface area contributed by atoms with Crippen molar-refractivity contribution in [2.75, 3.05) is 12.3 Å². The summed E-state index contributed by atoms with van der Waals surface area (Å²) in [5, 5.41) is 0. The third kappa shape index (κ3) is 3.70. The van der Waals surface area contributed by atoms with Gasteiger partial charge in [-0.15, -0.1) is 0 Å². The van der Waals surface area contributed by atoms with E-state index in [9.17, 15) is 8.42 Å². The van der Waals surface area contributed by atoms with Gasteiger partial charge in [-0.3, -0.25) is 0 Å². The molecule has 0 saturated heterocycles. The predicted molar refractivity (Wildman–Crippen MR) is 77.5 cm³/mol. The van der Waals surface area contributed by atoms with Gasteiger partial charge in [0.25, 0.3) is 0 Å². The Kier molecular flexibility index (Phi) is 4.16. The predicted octanol–water partition coefficient (Wildman–Crippen LogP) is 2.35. The molecule has 0 radical (unpaired) electrons. The van der Waals surface area contributed by atoms with Gasteiger partial charge in [0.2, 0.25) is 10.0 Å². The van der Waals surface area contributed by atoms with Crippen molar-refractivity contribution >= 4 is 15.7 Å². The summed E-state index contributed by atoms with van der Waals surface area (Å²) in [5.41, 5.74) is 7.72. The summed E-state index contributed by atoms with van der Waals surface area (Å²) in [5.74, 6) is 0.837. The summed E-state index contributed by atoms with van der Waals surface area (Å²) < 4.78 is 27.3. The van der Waals surface area contributed by atoms with E-state index in [1.54, 1.807) is 26.0 Å². The van der Waals surface area contributed by atoms with Crippen LogP contribution in [0.4, 0.5) is 5.69 Å². The van der Waals surface area contributed by atoms with E-state index < -0.39 is 10.0 Å². The zero-order valence-corrected chi connectivity index (χ0v) is 12.4. The fourth-order valence-electron chi connectivity index (χ4n) is 2.48. The van der Waals surface area contributed by atoms with E-state index >= 15 is 0 Å². The number of aryl methyl sites for hydroxylation is 2. The average molecular weight is 282 g/mol. The number of nitrogens with one attached hydrogen (secondary N) is 1. The molecule has 106 valence electrons. The minimum atomic E-state index is -3.42. The minimum absolute atomic E-state index is 0.369. The number of benzene rings is 1. The number of nitrogen functional groups attached to an aromatic ring is 1. The molecule has 0 amide bonds. The first-order chi connectivity index (χ1) is 8.90. The molecular weight excluding hydrogens is 260 g/mol. The summed E-state index contributed by atoms with van der Waals surface area (Å²) in [6.07, 6.45) is 4.66. The standard InChI is InChI=1S/C14H22N2O2S/c1-10-8-13(15)9-11(2)14(10)19(17,18)16-7-3-4-12-5-6-12/h8-9,12,16H,3-7,15H2,1-2H3. The normalized spacial score (nSPS) is 15.7. The Morgan fingerprint density at radius 1 is 1.26 bits per heavy atom. The number of anilines is 1. The van der Waals surface area contributed by atoms with Crippen LogP contribution in [-0.4, -0.2) is 15.0 Å². The van der Waals surface area contributed by atoms with Crippen molar-refractivity contribution in [2.45, 2.75) is 44.4 Å². The molecule has 0 aromatic heterocycles. The summed E-state index contributed by atoms with van der Waals surface area (Å²) in [4.78, 5) is 0.369. The Bertz CT molecular complexity index is 540. The van der Waals surface area contributed by atoms with Gasteiger partial charge in [-0.2, -0.15) is 0 Å². The molecule has 0 bridgehead atoms. The van der Waals surface area contributed by atoms with Crippen LogP contribution in [0.1, 0.15) is 36.8 Å². The lowest BCUT2D eigenvalue weighted by Crippen LogP contribution is -2.26. The number of nitrogens with two attached hydrogens (primary N) is 1. The van der Waals surface area contributed by atoms with E-state index in [1.807, 2.05) is 0 Å². The molecule has 3 N–H and O–H groups in total. The fourth-order valence-corrected chi connectivity index (χ4v) is 4.01. The van der Waals surface area contributed by atoms with Crippen molar-refractivity contribution in [3.05, 3.63) is 23.3 Å². The van der Waals surface area contributed by atoms with E-state index in [-0.39, 0.29) is 0 Å². The molecule has 0 atom stereocenters. The quantitative estimate of drug-likeness (QED) is 0.621. The molecule has 4 nitrogen and oxygen atoms in total. The van der Waals surface area contributed by atoms with Crippen molar-refractivity contribution in [2.24, 2.45) is 5.92 Å². The lowest BCUT2D eigenvalue weighted by molar-refractivity contribution is 0.571. The highest BCUT2D eigenvalue weighted by atomic mass is 32.2. The largest absolute Gasteiger partial charge is 0.399 e. The number of rotatable bonds is 6. The lowest BCUT2D eigenvalue weighted by Gasteiger charge is -2.12. The maximum atomic E-state index is 12.3. The minimum Gasteiger partial charge on any atom is -0.399 e. The highest BCUT2D eigenvalue weighted by molar-refractivity contribution is 7.89. The molecule has 0 spiro atoms. The maximum Gasteiger partial charge on any atom is 0.241 e. The highest BCUT2D eigenvalue weighted by Crippen LogP contribution is 2.33. The smallest absolute Gasteiger partial charge is 0.241 e. The first-order valence-corrected chi connectivity index (χ1v) is 8.25. The zero-order chi connectivity index (χ0) is 14.0. The van der Waals surface area contributed by atoms with Gasteiger partial charge in [-0.05, 0) is 55.9 Å². The van der Waals surface area contributed by atoms with Gasteiger partial charge in [0, 0.05) is 12.2 Å². The Morgan fingerprint density at radius 3 is 2.37 bits per heavy atom. The monoisotopic (exact) mass is 282 g/mol. The van der Waals surface area contributed by atoms with Crippen LogP contribution in [0, 0.1) is 19.8 Å². The van der Waals surface area contributed by atoms with Crippen molar-refractivity contribution in [3.63, 3.8) is 0 Å². The van der Waals surface area contributed by atoms with Crippen LogP contribution in [0.3, 0.4) is 0 Å². The van der Waals surface area contributed by atoms with E-state index in [2.05, 4.69) is 4.72 Å². The van der Waals surface area contributed by atoms with Gasteiger partial charge in [-0.25, -0.2) is 13.1 Å². The highest BCUT2D eigenvalue weighted by Gasteiger charge is 2.22. The van der Waals surface area contributed by atoms with E-state index in [4.69, 9.17) is 5.73 Å². The van der Waals surface area contributed by atoms with Crippen LogP contribution in [0.5, 0.6) is 0 Å². The van der Waals surface area contributed by atoms with Crippen molar-refractivity contribution in [1.82, 2.24) is 4.72 Å². The van der Waals surface area contributed by atoms with Gasteiger partial charge < -0.3 is 5.73 Å². The molecule has 1 aliphatic carbocycles. The van der Waals surface area contributed by atoms with Crippen molar-refractivity contribution in [3.8, 4) is 0 Å². The molecule has 1 aliphatic rings. The third-order valence-electron chi connectivity index (χ3n) is 3.53.